The first kappa shape index (κ1) is 15.3. The lowest BCUT2D eigenvalue weighted by atomic mass is 9.89. The zero-order valence-electron chi connectivity index (χ0n) is 10.7. The van der Waals surface area contributed by atoms with Crippen molar-refractivity contribution in [1.29, 1.82) is 0 Å². The molecule has 1 fully saturated rings. The van der Waals surface area contributed by atoms with Crippen molar-refractivity contribution in [3.8, 4) is 0 Å². The molecular weight excluding hydrogens is 260 g/mol. The van der Waals surface area contributed by atoms with Gasteiger partial charge in [-0.05, 0) is 37.5 Å². The number of hydrogen-bond donors (Lipinski definition) is 0. The van der Waals surface area contributed by atoms with Gasteiger partial charge in [-0.2, -0.15) is 0 Å². The molecule has 0 bridgehead atoms. The van der Waals surface area contributed by atoms with Gasteiger partial charge in [0.2, 0.25) is 9.05 Å². The third-order valence-corrected chi connectivity index (χ3v) is 4.79. The molecule has 1 aliphatic carbocycles. The minimum absolute atomic E-state index is 0.0220. The van der Waals surface area contributed by atoms with Crippen LogP contribution in [0.1, 0.15) is 46.0 Å². The lowest BCUT2D eigenvalue weighted by Crippen LogP contribution is -2.25. The Morgan fingerprint density at radius 2 is 1.88 bits per heavy atom. The Balaban J connectivity index is 2.28. The summed E-state index contributed by atoms with van der Waals surface area (Å²) in [4.78, 5) is 0. The summed E-state index contributed by atoms with van der Waals surface area (Å²) in [7, 11) is 1.86. The van der Waals surface area contributed by atoms with E-state index in [1.165, 1.54) is 12.8 Å². The molecule has 0 aliphatic heterocycles. The van der Waals surface area contributed by atoms with Crippen LogP contribution in [0.4, 0.5) is 0 Å². The van der Waals surface area contributed by atoms with E-state index in [0.717, 1.165) is 25.2 Å². The van der Waals surface area contributed by atoms with Gasteiger partial charge in [0, 0.05) is 10.7 Å². The second kappa shape index (κ2) is 6.95. The first-order valence-corrected chi connectivity index (χ1v) is 8.92. The summed E-state index contributed by atoms with van der Waals surface area (Å²) in [5.41, 5.74) is 0. The van der Waals surface area contributed by atoms with Crippen molar-refractivity contribution in [1.82, 2.24) is 0 Å². The summed E-state index contributed by atoms with van der Waals surface area (Å²) >= 11 is 0. The van der Waals surface area contributed by atoms with E-state index >= 15 is 0 Å². The maximum atomic E-state index is 11.0. The van der Waals surface area contributed by atoms with Gasteiger partial charge in [-0.15, -0.1) is 0 Å². The fourth-order valence-electron chi connectivity index (χ4n) is 2.23. The molecule has 0 radical (unpaired) electrons. The first-order valence-electron chi connectivity index (χ1n) is 6.44. The minimum atomic E-state index is -3.40. The molecule has 1 saturated carbocycles. The molecule has 102 valence electrons. The van der Waals surface area contributed by atoms with E-state index < -0.39 is 9.05 Å². The fourth-order valence-corrected chi connectivity index (χ4v) is 3.66. The van der Waals surface area contributed by atoms with Crippen LogP contribution in [0.3, 0.4) is 0 Å². The van der Waals surface area contributed by atoms with Crippen LogP contribution in [-0.4, -0.2) is 26.9 Å². The zero-order valence-corrected chi connectivity index (χ0v) is 12.3. The van der Waals surface area contributed by atoms with Gasteiger partial charge in [-0.25, -0.2) is 8.42 Å². The lowest BCUT2D eigenvalue weighted by molar-refractivity contribution is 0.00347. The van der Waals surface area contributed by atoms with Crippen LogP contribution in [0, 0.1) is 11.8 Å². The molecule has 0 saturated heterocycles. The normalized spacial score (nSPS) is 27.9. The van der Waals surface area contributed by atoms with Gasteiger partial charge < -0.3 is 4.74 Å². The van der Waals surface area contributed by atoms with E-state index in [9.17, 15) is 8.42 Å². The van der Waals surface area contributed by atoms with Gasteiger partial charge in [0.15, 0.2) is 0 Å². The summed E-state index contributed by atoms with van der Waals surface area (Å²) in [5.74, 6) is 0.852. The standard InChI is InChI=1S/C12H23ClO3S/c1-3-11(9-17(13,14)15)8-16-12-6-4-10(2)5-7-12/h10-12H,3-9H2,1-2H3. The number of rotatable bonds is 6. The van der Waals surface area contributed by atoms with Crippen LogP contribution in [0.5, 0.6) is 0 Å². The SMILES string of the molecule is CCC(COC1CCC(C)CC1)CS(=O)(=O)Cl. The van der Waals surface area contributed by atoms with Crippen molar-refractivity contribution in [3.63, 3.8) is 0 Å². The van der Waals surface area contributed by atoms with Crippen LogP contribution in [0.2, 0.25) is 0 Å². The first-order chi connectivity index (χ1) is 7.90. The Kier molecular flexibility index (Phi) is 6.24. The van der Waals surface area contributed by atoms with E-state index in [-0.39, 0.29) is 11.7 Å². The Hall–Kier alpha value is 0.200. The summed E-state index contributed by atoms with van der Waals surface area (Å²) in [6.07, 6.45) is 5.74. The van der Waals surface area contributed by atoms with Crippen LogP contribution in [0.25, 0.3) is 0 Å². The largest absolute Gasteiger partial charge is 0.378 e. The zero-order chi connectivity index (χ0) is 12.9. The van der Waals surface area contributed by atoms with E-state index in [1.54, 1.807) is 0 Å². The molecule has 1 aliphatic rings. The molecule has 0 aromatic heterocycles. The number of hydrogen-bond acceptors (Lipinski definition) is 3. The molecule has 0 spiro atoms. The molecule has 0 amide bonds. The average Bonchev–Trinajstić information content (AvgIpc) is 2.25. The van der Waals surface area contributed by atoms with Crippen LogP contribution in [-0.2, 0) is 13.8 Å². The van der Waals surface area contributed by atoms with Crippen LogP contribution in [0.15, 0.2) is 0 Å². The van der Waals surface area contributed by atoms with Gasteiger partial charge in [0.1, 0.15) is 0 Å². The Morgan fingerprint density at radius 1 is 1.29 bits per heavy atom. The van der Waals surface area contributed by atoms with E-state index in [0.29, 0.717) is 12.7 Å². The molecule has 0 N–H and O–H groups in total. The van der Waals surface area contributed by atoms with Crippen molar-refractivity contribution in [2.45, 2.75) is 52.1 Å². The molecule has 3 nitrogen and oxygen atoms in total. The van der Waals surface area contributed by atoms with Crippen LogP contribution >= 0.6 is 10.7 Å². The summed E-state index contributed by atoms with van der Waals surface area (Å²) in [6, 6.07) is 0. The van der Waals surface area contributed by atoms with Crippen molar-refractivity contribution in [3.05, 3.63) is 0 Å². The van der Waals surface area contributed by atoms with E-state index in [1.807, 2.05) is 6.92 Å². The smallest absolute Gasteiger partial charge is 0.232 e. The highest BCUT2D eigenvalue weighted by Crippen LogP contribution is 2.26. The highest BCUT2D eigenvalue weighted by atomic mass is 35.7. The topological polar surface area (TPSA) is 43.4 Å². The van der Waals surface area contributed by atoms with E-state index in [2.05, 4.69) is 6.92 Å². The molecule has 0 heterocycles. The Morgan fingerprint density at radius 3 is 2.35 bits per heavy atom. The van der Waals surface area contributed by atoms with Gasteiger partial charge >= 0.3 is 0 Å². The summed E-state index contributed by atoms with van der Waals surface area (Å²) in [5, 5.41) is 0. The molecular formula is C12H23ClO3S. The predicted molar refractivity (Wildman–Crippen MR) is 70.8 cm³/mol. The van der Waals surface area contributed by atoms with Crippen molar-refractivity contribution in [2.75, 3.05) is 12.4 Å². The lowest BCUT2D eigenvalue weighted by Gasteiger charge is -2.27. The molecule has 1 rings (SSSR count). The number of ether oxygens (including phenoxy) is 1. The van der Waals surface area contributed by atoms with Gasteiger partial charge in [-0.1, -0.05) is 20.3 Å². The van der Waals surface area contributed by atoms with Crippen molar-refractivity contribution in [2.24, 2.45) is 11.8 Å². The van der Waals surface area contributed by atoms with Crippen molar-refractivity contribution >= 4 is 19.7 Å². The maximum Gasteiger partial charge on any atom is 0.232 e. The third kappa shape index (κ3) is 6.63. The van der Waals surface area contributed by atoms with Crippen molar-refractivity contribution < 1.29 is 13.2 Å². The fraction of sp³-hybridized carbons (Fsp3) is 1.00. The predicted octanol–water partition coefficient (Wildman–Crippen LogP) is 3.18. The maximum absolute atomic E-state index is 11.0. The quantitative estimate of drug-likeness (QED) is 0.703. The minimum Gasteiger partial charge on any atom is -0.378 e. The molecule has 0 aromatic carbocycles. The van der Waals surface area contributed by atoms with Crippen LogP contribution < -0.4 is 0 Å². The molecule has 0 aromatic rings. The highest BCUT2D eigenvalue weighted by Gasteiger charge is 2.21. The van der Waals surface area contributed by atoms with Gasteiger partial charge in [0.25, 0.3) is 0 Å². The average molecular weight is 283 g/mol. The van der Waals surface area contributed by atoms with Gasteiger partial charge in [-0.3, -0.25) is 0 Å². The Labute approximate surface area is 109 Å². The molecule has 1 unspecified atom stereocenters. The Bertz CT molecular complexity index is 308. The third-order valence-electron chi connectivity index (χ3n) is 3.54. The highest BCUT2D eigenvalue weighted by molar-refractivity contribution is 8.13. The monoisotopic (exact) mass is 282 g/mol. The van der Waals surface area contributed by atoms with Gasteiger partial charge in [0.05, 0.1) is 18.5 Å². The molecule has 17 heavy (non-hydrogen) atoms. The van der Waals surface area contributed by atoms with E-state index in [4.69, 9.17) is 15.4 Å². The summed E-state index contributed by atoms with van der Waals surface area (Å²) in [6.45, 7) is 4.76. The second-order valence-electron chi connectivity index (χ2n) is 5.19. The molecule has 5 heteroatoms. The number of halogens is 1. The summed E-state index contributed by atoms with van der Waals surface area (Å²) < 4.78 is 27.8. The second-order valence-corrected chi connectivity index (χ2v) is 8.02. The molecule has 1 atom stereocenters.